The van der Waals surface area contributed by atoms with Gasteiger partial charge in [0.2, 0.25) is 5.95 Å². The maximum absolute atomic E-state index is 12.4. The Labute approximate surface area is 157 Å². The summed E-state index contributed by atoms with van der Waals surface area (Å²) in [5, 5.41) is 2.88. The smallest absolute Gasteiger partial charge is 0.264 e. The molecule has 1 heterocycles. The number of amides is 1. The number of para-hydroxylation sites is 3. The summed E-state index contributed by atoms with van der Waals surface area (Å²) < 4.78 is 7.53. The zero-order chi connectivity index (χ0) is 18.5. The quantitative estimate of drug-likeness (QED) is 0.565. The summed E-state index contributed by atoms with van der Waals surface area (Å²) in [5.41, 5.74) is 2.95. The summed E-state index contributed by atoms with van der Waals surface area (Å²) >= 11 is 0. The second-order valence-corrected chi connectivity index (χ2v) is 6.15. The van der Waals surface area contributed by atoms with Crippen LogP contribution in [0.1, 0.15) is 5.56 Å². The first-order valence-electron chi connectivity index (χ1n) is 8.76. The van der Waals surface area contributed by atoms with Crippen LogP contribution in [0.3, 0.4) is 0 Å². The Morgan fingerprint density at radius 3 is 2.33 bits per heavy atom. The molecule has 5 nitrogen and oxygen atoms in total. The van der Waals surface area contributed by atoms with E-state index in [4.69, 9.17) is 4.74 Å². The molecule has 0 radical (unpaired) electrons. The highest BCUT2D eigenvalue weighted by molar-refractivity contribution is 5.92. The van der Waals surface area contributed by atoms with Gasteiger partial charge in [0.1, 0.15) is 5.75 Å². The lowest BCUT2D eigenvalue weighted by Crippen LogP contribution is -2.22. The van der Waals surface area contributed by atoms with Crippen molar-refractivity contribution >= 4 is 22.9 Å². The molecule has 0 atom stereocenters. The minimum Gasteiger partial charge on any atom is -0.484 e. The third-order valence-electron chi connectivity index (χ3n) is 4.20. The Balaban J connectivity index is 1.55. The maximum Gasteiger partial charge on any atom is 0.264 e. The number of carbonyl (C=O) groups excluding carboxylic acids is 1. The number of rotatable bonds is 6. The number of imidazole rings is 1. The number of ether oxygens (including phenoxy) is 1. The van der Waals surface area contributed by atoms with Crippen molar-refractivity contribution in [2.75, 3.05) is 11.9 Å². The average Bonchev–Trinajstić information content (AvgIpc) is 3.05. The first-order chi connectivity index (χ1) is 13.3. The SMILES string of the molecule is O=C(COc1ccccc1)Nc1nc2ccccc2n1Cc1ccccc1. The second kappa shape index (κ2) is 7.74. The number of benzene rings is 3. The van der Waals surface area contributed by atoms with E-state index in [0.29, 0.717) is 18.2 Å². The van der Waals surface area contributed by atoms with Gasteiger partial charge >= 0.3 is 0 Å². The van der Waals surface area contributed by atoms with E-state index in [1.807, 2.05) is 77.4 Å². The summed E-state index contributed by atoms with van der Waals surface area (Å²) in [6.45, 7) is 0.551. The first kappa shape index (κ1) is 16.8. The van der Waals surface area contributed by atoms with Crippen molar-refractivity contribution in [2.45, 2.75) is 6.54 Å². The standard InChI is InChI=1S/C22H19N3O2/c26-21(16-27-18-11-5-2-6-12-18)24-22-23-19-13-7-8-14-20(19)25(22)15-17-9-3-1-4-10-17/h1-14H,15-16H2,(H,23,24,26). The molecule has 1 N–H and O–H groups in total. The summed E-state index contributed by atoms with van der Waals surface area (Å²) in [6.07, 6.45) is 0. The average molecular weight is 357 g/mol. The van der Waals surface area contributed by atoms with Crippen LogP contribution in [0, 0.1) is 0 Å². The van der Waals surface area contributed by atoms with Gasteiger partial charge in [-0.25, -0.2) is 4.98 Å². The van der Waals surface area contributed by atoms with Crippen molar-refractivity contribution in [3.63, 3.8) is 0 Å². The number of aromatic nitrogens is 2. The Hall–Kier alpha value is -3.60. The molecule has 1 aromatic heterocycles. The van der Waals surface area contributed by atoms with Crippen LogP contribution in [-0.2, 0) is 11.3 Å². The molecule has 0 aliphatic heterocycles. The van der Waals surface area contributed by atoms with Crippen molar-refractivity contribution in [3.05, 3.63) is 90.5 Å². The monoisotopic (exact) mass is 357 g/mol. The number of fused-ring (bicyclic) bond motifs is 1. The molecule has 4 aromatic rings. The lowest BCUT2D eigenvalue weighted by atomic mass is 10.2. The van der Waals surface area contributed by atoms with Gasteiger partial charge < -0.3 is 9.30 Å². The fraction of sp³-hybridized carbons (Fsp3) is 0.0909. The molecule has 0 saturated carbocycles. The molecule has 27 heavy (non-hydrogen) atoms. The molecule has 134 valence electrons. The van der Waals surface area contributed by atoms with Crippen LogP contribution in [0.2, 0.25) is 0 Å². The third kappa shape index (κ3) is 3.98. The van der Waals surface area contributed by atoms with Crippen LogP contribution in [-0.4, -0.2) is 22.1 Å². The molecular formula is C22H19N3O2. The summed E-state index contributed by atoms with van der Waals surface area (Å²) in [6, 6.07) is 27.2. The van der Waals surface area contributed by atoms with Crippen molar-refractivity contribution in [1.29, 1.82) is 0 Å². The van der Waals surface area contributed by atoms with Gasteiger partial charge in [-0.15, -0.1) is 0 Å². The van der Waals surface area contributed by atoms with Crippen LogP contribution >= 0.6 is 0 Å². The van der Waals surface area contributed by atoms with Crippen molar-refractivity contribution in [3.8, 4) is 5.75 Å². The Morgan fingerprint density at radius 2 is 1.56 bits per heavy atom. The van der Waals surface area contributed by atoms with Gasteiger partial charge in [-0.3, -0.25) is 10.1 Å². The van der Waals surface area contributed by atoms with E-state index in [1.54, 1.807) is 0 Å². The highest BCUT2D eigenvalue weighted by Crippen LogP contribution is 2.21. The molecule has 0 fully saturated rings. The summed E-state index contributed by atoms with van der Waals surface area (Å²) in [4.78, 5) is 17.0. The predicted molar refractivity (Wildman–Crippen MR) is 106 cm³/mol. The Bertz CT molecular complexity index is 1040. The van der Waals surface area contributed by atoms with Gasteiger partial charge in [0, 0.05) is 0 Å². The zero-order valence-electron chi connectivity index (χ0n) is 14.7. The minimum absolute atomic E-state index is 0.0709. The number of hydrogen-bond donors (Lipinski definition) is 1. The molecule has 1 amide bonds. The Morgan fingerprint density at radius 1 is 0.889 bits per heavy atom. The number of anilines is 1. The zero-order valence-corrected chi connectivity index (χ0v) is 14.7. The van der Waals surface area contributed by atoms with Crippen LogP contribution in [0.5, 0.6) is 5.75 Å². The van der Waals surface area contributed by atoms with E-state index < -0.39 is 0 Å². The van der Waals surface area contributed by atoms with E-state index in [-0.39, 0.29) is 12.5 Å². The highest BCUT2D eigenvalue weighted by atomic mass is 16.5. The van der Waals surface area contributed by atoms with E-state index in [0.717, 1.165) is 16.6 Å². The van der Waals surface area contributed by atoms with E-state index >= 15 is 0 Å². The van der Waals surface area contributed by atoms with Gasteiger partial charge in [0.05, 0.1) is 17.6 Å². The Kier molecular flexibility index (Phi) is 4.83. The van der Waals surface area contributed by atoms with Gasteiger partial charge in [0.25, 0.3) is 5.91 Å². The van der Waals surface area contributed by atoms with Crippen molar-refractivity contribution in [2.24, 2.45) is 0 Å². The number of nitrogens with zero attached hydrogens (tertiary/aromatic N) is 2. The molecule has 4 rings (SSSR count). The number of nitrogens with one attached hydrogen (secondary N) is 1. The van der Waals surface area contributed by atoms with E-state index in [9.17, 15) is 4.79 Å². The summed E-state index contributed by atoms with van der Waals surface area (Å²) in [7, 11) is 0. The lowest BCUT2D eigenvalue weighted by molar-refractivity contribution is -0.118. The topological polar surface area (TPSA) is 56.1 Å². The van der Waals surface area contributed by atoms with Gasteiger partial charge in [0.15, 0.2) is 6.61 Å². The predicted octanol–water partition coefficient (Wildman–Crippen LogP) is 4.10. The molecule has 3 aromatic carbocycles. The maximum atomic E-state index is 12.4. The van der Waals surface area contributed by atoms with Crippen LogP contribution in [0.25, 0.3) is 11.0 Å². The molecular weight excluding hydrogens is 338 g/mol. The number of carbonyl (C=O) groups is 1. The fourth-order valence-corrected chi connectivity index (χ4v) is 2.92. The second-order valence-electron chi connectivity index (χ2n) is 6.15. The number of hydrogen-bond acceptors (Lipinski definition) is 3. The van der Waals surface area contributed by atoms with E-state index in [1.165, 1.54) is 0 Å². The largest absolute Gasteiger partial charge is 0.484 e. The molecule has 0 bridgehead atoms. The van der Waals surface area contributed by atoms with Crippen LogP contribution in [0.15, 0.2) is 84.9 Å². The van der Waals surface area contributed by atoms with Crippen LogP contribution in [0.4, 0.5) is 5.95 Å². The highest BCUT2D eigenvalue weighted by Gasteiger charge is 2.14. The lowest BCUT2D eigenvalue weighted by Gasteiger charge is -2.11. The van der Waals surface area contributed by atoms with E-state index in [2.05, 4.69) is 22.4 Å². The van der Waals surface area contributed by atoms with Gasteiger partial charge in [-0.1, -0.05) is 60.7 Å². The van der Waals surface area contributed by atoms with Crippen molar-refractivity contribution < 1.29 is 9.53 Å². The molecule has 0 saturated heterocycles. The first-order valence-corrected chi connectivity index (χ1v) is 8.76. The van der Waals surface area contributed by atoms with Crippen LogP contribution < -0.4 is 10.1 Å². The van der Waals surface area contributed by atoms with Gasteiger partial charge in [-0.2, -0.15) is 0 Å². The molecule has 0 aliphatic rings. The fourth-order valence-electron chi connectivity index (χ4n) is 2.92. The molecule has 0 spiro atoms. The molecule has 0 unspecified atom stereocenters. The molecule has 0 aliphatic carbocycles. The molecule has 5 heteroatoms. The third-order valence-corrected chi connectivity index (χ3v) is 4.20. The normalized spacial score (nSPS) is 10.7. The summed E-state index contributed by atoms with van der Waals surface area (Å²) in [5.74, 6) is 0.927. The minimum atomic E-state index is -0.247. The van der Waals surface area contributed by atoms with Crippen molar-refractivity contribution in [1.82, 2.24) is 9.55 Å². The van der Waals surface area contributed by atoms with Gasteiger partial charge in [-0.05, 0) is 29.8 Å².